The zero-order valence-corrected chi connectivity index (χ0v) is 12.7. The van der Waals surface area contributed by atoms with E-state index in [4.69, 9.17) is 4.74 Å². The molecule has 1 aromatic carbocycles. The number of thioether (sulfide) groups is 1. The molecular weight excluding hydrogens is 278 g/mol. The van der Waals surface area contributed by atoms with Crippen LogP contribution in [0.1, 0.15) is 21.6 Å². The summed E-state index contributed by atoms with van der Waals surface area (Å²) in [6.45, 7) is 3.93. The summed E-state index contributed by atoms with van der Waals surface area (Å²) < 4.78 is 6.19. The van der Waals surface area contributed by atoms with Gasteiger partial charge in [-0.15, -0.1) is 11.3 Å². The van der Waals surface area contributed by atoms with Crippen LogP contribution in [0.4, 0.5) is 0 Å². The number of ketones is 1. The summed E-state index contributed by atoms with van der Waals surface area (Å²) >= 11 is 3.04. The first-order chi connectivity index (χ1) is 9.10. The maximum atomic E-state index is 12.2. The lowest BCUT2D eigenvalue weighted by Gasteiger charge is -2.07. The summed E-state index contributed by atoms with van der Waals surface area (Å²) in [6, 6.07) is 5.63. The highest BCUT2D eigenvalue weighted by Gasteiger charge is 2.13. The van der Waals surface area contributed by atoms with Crippen LogP contribution in [0.5, 0.6) is 5.75 Å². The molecule has 0 saturated carbocycles. The number of rotatable bonds is 5. The molecule has 0 N–H and O–H groups in total. The van der Waals surface area contributed by atoms with Gasteiger partial charge in [-0.3, -0.25) is 4.79 Å². The number of aromatic nitrogens is 1. The molecule has 5 heteroatoms. The maximum absolute atomic E-state index is 12.2. The van der Waals surface area contributed by atoms with Crippen LogP contribution in [-0.2, 0) is 0 Å². The van der Waals surface area contributed by atoms with Crippen molar-refractivity contribution in [2.24, 2.45) is 0 Å². The average Bonchev–Trinajstić information content (AvgIpc) is 2.81. The summed E-state index contributed by atoms with van der Waals surface area (Å²) in [5, 5.41) is 1.99. The summed E-state index contributed by atoms with van der Waals surface area (Å²) in [6.07, 6.45) is 0. The Hall–Kier alpha value is -1.33. The number of Topliss-reactive ketones (excluding diaryl/α,β-unsaturated/α-hetero) is 1. The first-order valence-corrected chi connectivity index (χ1v) is 7.69. The van der Waals surface area contributed by atoms with E-state index in [0.717, 1.165) is 15.6 Å². The molecule has 0 fully saturated rings. The van der Waals surface area contributed by atoms with Crippen LogP contribution in [0.2, 0.25) is 0 Å². The van der Waals surface area contributed by atoms with E-state index in [2.05, 4.69) is 4.98 Å². The van der Waals surface area contributed by atoms with Gasteiger partial charge in [0.15, 0.2) is 10.1 Å². The molecule has 1 aromatic heterocycles. The topological polar surface area (TPSA) is 39.2 Å². The first-order valence-electron chi connectivity index (χ1n) is 5.83. The van der Waals surface area contributed by atoms with Crippen molar-refractivity contribution in [3.8, 4) is 5.75 Å². The minimum Gasteiger partial charge on any atom is -0.496 e. The van der Waals surface area contributed by atoms with Crippen LogP contribution in [0, 0.1) is 13.8 Å². The van der Waals surface area contributed by atoms with Crippen molar-refractivity contribution in [2.75, 3.05) is 12.9 Å². The molecule has 100 valence electrons. The Morgan fingerprint density at radius 1 is 1.42 bits per heavy atom. The third-order valence-electron chi connectivity index (χ3n) is 2.58. The van der Waals surface area contributed by atoms with Gasteiger partial charge in [0.25, 0.3) is 0 Å². The number of aryl methyl sites for hydroxylation is 2. The van der Waals surface area contributed by atoms with Gasteiger partial charge in [0.1, 0.15) is 5.75 Å². The van der Waals surface area contributed by atoms with Gasteiger partial charge in [-0.2, -0.15) is 0 Å². The molecule has 0 amide bonds. The highest BCUT2D eigenvalue weighted by Crippen LogP contribution is 2.26. The Morgan fingerprint density at radius 2 is 2.21 bits per heavy atom. The first kappa shape index (κ1) is 14.1. The van der Waals surface area contributed by atoms with Crippen molar-refractivity contribution >= 4 is 28.9 Å². The molecular formula is C14H15NO2S2. The average molecular weight is 293 g/mol. The van der Waals surface area contributed by atoms with E-state index in [9.17, 15) is 4.79 Å². The Kier molecular flexibility index (Phi) is 4.61. The fraction of sp³-hybridized carbons (Fsp3) is 0.286. The number of hydrogen-bond acceptors (Lipinski definition) is 5. The lowest BCUT2D eigenvalue weighted by molar-refractivity contribution is 0.101. The van der Waals surface area contributed by atoms with E-state index in [1.807, 2.05) is 37.4 Å². The van der Waals surface area contributed by atoms with E-state index in [-0.39, 0.29) is 5.78 Å². The molecule has 2 aromatic rings. The predicted molar refractivity (Wildman–Crippen MR) is 79.6 cm³/mol. The van der Waals surface area contributed by atoms with Gasteiger partial charge in [-0.05, 0) is 31.5 Å². The Bertz CT molecular complexity index is 593. The quantitative estimate of drug-likeness (QED) is 0.622. The molecule has 0 radical (unpaired) electrons. The number of ether oxygens (including phenoxy) is 1. The predicted octanol–water partition coefficient (Wildman–Crippen LogP) is 3.74. The minimum absolute atomic E-state index is 0.0645. The largest absolute Gasteiger partial charge is 0.496 e. The lowest BCUT2D eigenvalue weighted by Crippen LogP contribution is -2.05. The lowest BCUT2D eigenvalue weighted by atomic mass is 10.1. The summed E-state index contributed by atoms with van der Waals surface area (Å²) in [4.78, 5) is 16.5. The molecule has 0 aliphatic heterocycles. The van der Waals surface area contributed by atoms with Gasteiger partial charge in [-0.1, -0.05) is 17.8 Å². The minimum atomic E-state index is 0.0645. The molecule has 3 nitrogen and oxygen atoms in total. The monoisotopic (exact) mass is 293 g/mol. The third kappa shape index (κ3) is 3.58. The van der Waals surface area contributed by atoms with Gasteiger partial charge in [0, 0.05) is 11.1 Å². The van der Waals surface area contributed by atoms with Crippen LogP contribution in [0.25, 0.3) is 0 Å². The SMILES string of the molecule is COc1cc(C)ccc1C(=O)CSc1nc(C)cs1. The van der Waals surface area contributed by atoms with Crippen molar-refractivity contribution < 1.29 is 9.53 Å². The van der Waals surface area contributed by atoms with Gasteiger partial charge >= 0.3 is 0 Å². The van der Waals surface area contributed by atoms with Crippen LogP contribution >= 0.6 is 23.1 Å². The third-order valence-corrected chi connectivity index (χ3v) is 4.72. The van der Waals surface area contributed by atoms with Crippen molar-refractivity contribution in [1.29, 1.82) is 0 Å². The van der Waals surface area contributed by atoms with Gasteiger partial charge < -0.3 is 4.74 Å². The molecule has 19 heavy (non-hydrogen) atoms. The number of benzene rings is 1. The fourth-order valence-electron chi connectivity index (χ4n) is 1.63. The molecule has 1 heterocycles. The van der Waals surface area contributed by atoms with Crippen molar-refractivity contribution in [1.82, 2.24) is 4.98 Å². The van der Waals surface area contributed by atoms with Crippen molar-refractivity contribution in [3.63, 3.8) is 0 Å². The van der Waals surface area contributed by atoms with Gasteiger partial charge in [0.2, 0.25) is 0 Å². The highest BCUT2D eigenvalue weighted by molar-refractivity contribution is 8.01. The maximum Gasteiger partial charge on any atom is 0.176 e. The van der Waals surface area contributed by atoms with Gasteiger partial charge in [0.05, 0.1) is 18.4 Å². The van der Waals surface area contributed by atoms with Crippen molar-refractivity contribution in [2.45, 2.75) is 18.2 Å². The molecule has 0 spiro atoms. The Balaban J connectivity index is 2.07. The number of carbonyl (C=O) groups is 1. The van der Waals surface area contributed by atoms with Gasteiger partial charge in [-0.25, -0.2) is 4.98 Å². The molecule has 0 atom stereocenters. The van der Waals surface area contributed by atoms with E-state index in [0.29, 0.717) is 17.1 Å². The number of nitrogens with zero attached hydrogens (tertiary/aromatic N) is 1. The number of methoxy groups -OCH3 is 1. The zero-order chi connectivity index (χ0) is 13.8. The molecule has 0 unspecified atom stereocenters. The van der Waals surface area contributed by atoms with Crippen molar-refractivity contribution in [3.05, 3.63) is 40.4 Å². The van der Waals surface area contributed by atoms with E-state index < -0.39 is 0 Å². The summed E-state index contributed by atoms with van der Waals surface area (Å²) in [5.41, 5.74) is 2.71. The second-order valence-electron chi connectivity index (χ2n) is 4.17. The molecule has 0 saturated heterocycles. The normalized spacial score (nSPS) is 10.5. The second-order valence-corrected chi connectivity index (χ2v) is 6.25. The molecule has 2 rings (SSSR count). The fourth-order valence-corrected chi connectivity index (χ4v) is 3.37. The van der Waals surface area contributed by atoms with Crippen LogP contribution in [0.3, 0.4) is 0 Å². The van der Waals surface area contributed by atoms with E-state index >= 15 is 0 Å². The van der Waals surface area contributed by atoms with Crippen LogP contribution in [-0.4, -0.2) is 23.6 Å². The standard InChI is InChI=1S/C14H15NO2S2/c1-9-4-5-11(13(6-9)17-3)12(16)8-19-14-15-10(2)7-18-14/h4-7H,8H2,1-3H3. The number of carbonyl (C=O) groups excluding carboxylic acids is 1. The number of hydrogen-bond donors (Lipinski definition) is 0. The molecule has 0 aliphatic carbocycles. The summed E-state index contributed by atoms with van der Waals surface area (Å²) in [5.74, 6) is 1.09. The molecule has 0 bridgehead atoms. The Morgan fingerprint density at radius 3 is 2.84 bits per heavy atom. The van der Waals surface area contributed by atoms with Crippen LogP contribution in [0.15, 0.2) is 27.9 Å². The van der Waals surface area contributed by atoms with E-state index in [1.165, 1.54) is 11.8 Å². The Labute approximate surface area is 121 Å². The molecule has 0 aliphatic rings. The summed E-state index contributed by atoms with van der Waals surface area (Å²) in [7, 11) is 1.59. The van der Waals surface area contributed by atoms with Crippen LogP contribution < -0.4 is 4.74 Å². The zero-order valence-electron chi connectivity index (χ0n) is 11.1. The van der Waals surface area contributed by atoms with E-state index in [1.54, 1.807) is 18.4 Å². The number of thiazole rings is 1. The second kappa shape index (κ2) is 6.21. The highest BCUT2D eigenvalue weighted by atomic mass is 32.2. The smallest absolute Gasteiger partial charge is 0.176 e.